The Hall–Kier alpha value is -2.60. The number of thiophene rings is 1. The van der Waals surface area contributed by atoms with Crippen LogP contribution in [0.5, 0.6) is 5.75 Å². The number of rotatable bonds is 5. The highest BCUT2D eigenvalue weighted by atomic mass is 32.1. The van der Waals surface area contributed by atoms with E-state index < -0.39 is 5.41 Å². The summed E-state index contributed by atoms with van der Waals surface area (Å²) in [4.78, 5) is 27.8. The van der Waals surface area contributed by atoms with Gasteiger partial charge in [-0.3, -0.25) is 9.59 Å². The van der Waals surface area contributed by atoms with Crippen LogP contribution in [0.2, 0.25) is 0 Å². The lowest BCUT2D eigenvalue weighted by atomic mass is 9.93. The lowest BCUT2D eigenvalue weighted by molar-refractivity contribution is -0.127. The Balaban J connectivity index is 1.80. The van der Waals surface area contributed by atoms with Crippen molar-refractivity contribution in [2.75, 3.05) is 23.4 Å². The van der Waals surface area contributed by atoms with Gasteiger partial charge in [0.05, 0.1) is 11.1 Å². The Kier molecular flexibility index (Phi) is 5.65. The third-order valence-corrected chi connectivity index (χ3v) is 5.16. The zero-order chi connectivity index (χ0) is 19.4. The lowest BCUT2D eigenvalue weighted by Gasteiger charge is -2.27. The molecule has 0 bridgehead atoms. The molecule has 142 valence electrons. The summed E-state index contributed by atoms with van der Waals surface area (Å²) >= 11 is 1.57. The standard InChI is InChI=1S/C21H24N2O3S/c1-4-11-23-17-9-7-15(13-18(17)26-14-21(2,3)20(23)25)22-19(24)10-8-16-6-5-12-27-16/h5-10,12-13H,4,11,14H2,1-3H3,(H,22,24)/b10-8+. The van der Waals surface area contributed by atoms with E-state index in [0.717, 1.165) is 17.0 Å². The van der Waals surface area contributed by atoms with Crippen LogP contribution in [0.4, 0.5) is 11.4 Å². The molecule has 0 spiro atoms. The second-order valence-electron chi connectivity index (χ2n) is 7.15. The van der Waals surface area contributed by atoms with Gasteiger partial charge >= 0.3 is 0 Å². The second kappa shape index (κ2) is 7.96. The van der Waals surface area contributed by atoms with Gasteiger partial charge in [0.15, 0.2) is 0 Å². The molecule has 0 aliphatic carbocycles. The van der Waals surface area contributed by atoms with Crippen LogP contribution < -0.4 is 15.0 Å². The van der Waals surface area contributed by atoms with Crippen LogP contribution in [-0.2, 0) is 9.59 Å². The van der Waals surface area contributed by atoms with E-state index in [-0.39, 0.29) is 11.8 Å². The first-order valence-electron chi connectivity index (χ1n) is 9.02. The van der Waals surface area contributed by atoms with Gasteiger partial charge in [-0.25, -0.2) is 0 Å². The molecule has 2 aromatic rings. The minimum absolute atomic E-state index is 0.0544. The molecule has 1 aliphatic rings. The van der Waals surface area contributed by atoms with Gasteiger partial charge in [-0.1, -0.05) is 13.0 Å². The summed E-state index contributed by atoms with van der Waals surface area (Å²) in [7, 11) is 0. The summed E-state index contributed by atoms with van der Waals surface area (Å²) in [6, 6.07) is 9.31. The van der Waals surface area contributed by atoms with Crippen molar-refractivity contribution in [2.45, 2.75) is 27.2 Å². The molecule has 3 rings (SSSR count). The molecule has 0 saturated carbocycles. The van der Waals surface area contributed by atoms with Crippen molar-refractivity contribution in [3.63, 3.8) is 0 Å². The molecule has 5 nitrogen and oxygen atoms in total. The van der Waals surface area contributed by atoms with Gasteiger partial charge in [0.2, 0.25) is 11.8 Å². The molecule has 0 unspecified atom stereocenters. The number of hydrogen-bond donors (Lipinski definition) is 1. The highest BCUT2D eigenvalue weighted by molar-refractivity contribution is 7.10. The van der Waals surface area contributed by atoms with Gasteiger partial charge in [-0.15, -0.1) is 11.3 Å². The van der Waals surface area contributed by atoms with Gasteiger partial charge in [-0.05, 0) is 49.9 Å². The molecule has 2 amide bonds. The first-order valence-corrected chi connectivity index (χ1v) is 9.90. The van der Waals surface area contributed by atoms with Crippen LogP contribution in [0.15, 0.2) is 41.8 Å². The SMILES string of the molecule is CCCN1C(=O)C(C)(C)COc2cc(NC(=O)/C=C/c3cccs3)ccc21. The molecule has 6 heteroatoms. The summed E-state index contributed by atoms with van der Waals surface area (Å²) < 4.78 is 5.92. The molecule has 1 aromatic heterocycles. The molecular formula is C21H24N2O3S. The smallest absolute Gasteiger partial charge is 0.248 e. The van der Waals surface area contributed by atoms with E-state index in [4.69, 9.17) is 4.74 Å². The van der Waals surface area contributed by atoms with Crippen molar-refractivity contribution < 1.29 is 14.3 Å². The molecule has 0 saturated heterocycles. The zero-order valence-electron chi connectivity index (χ0n) is 15.8. The largest absolute Gasteiger partial charge is 0.490 e. The summed E-state index contributed by atoms with van der Waals surface area (Å²) in [5, 5.41) is 4.81. The minimum atomic E-state index is -0.596. The molecular weight excluding hydrogens is 360 g/mol. The predicted octanol–water partition coefficient (Wildman–Crippen LogP) is 4.56. The molecule has 1 aromatic carbocycles. The average molecular weight is 385 g/mol. The highest BCUT2D eigenvalue weighted by Gasteiger charge is 2.37. The van der Waals surface area contributed by atoms with Crippen LogP contribution in [0, 0.1) is 5.41 Å². The topological polar surface area (TPSA) is 58.6 Å². The Morgan fingerprint density at radius 1 is 1.37 bits per heavy atom. The minimum Gasteiger partial charge on any atom is -0.490 e. The molecule has 27 heavy (non-hydrogen) atoms. The quantitative estimate of drug-likeness (QED) is 0.769. The number of benzene rings is 1. The molecule has 1 aliphatic heterocycles. The van der Waals surface area contributed by atoms with Crippen molar-refractivity contribution in [2.24, 2.45) is 5.41 Å². The van der Waals surface area contributed by atoms with Gasteiger partial charge in [0.25, 0.3) is 0 Å². The van der Waals surface area contributed by atoms with Gasteiger partial charge < -0.3 is 15.0 Å². The average Bonchev–Trinajstić information content (AvgIpc) is 3.13. The van der Waals surface area contributed by atoms with E-state index in [0.29, 0.717) is 24.6 Å². The number of carbonyl (C=O) groups is 2. The molecule has 2 heterocycles. The molecule has 0 radical (unpaired) electrons. The predicted molar refractivity (Wildman–Crippen MR) is 110 cm³/mol. The summed E-state index contributed by atoms with van der Waals surface area (Å²) in [5.74, 6) is 0.458. The van der Waals surface area contributed by atoms with E-state index in [9.17, 15) is 9.59 Å². The fraction of sp³-hybridized carbons (Fsp3) is 0.333. The number of hydrogen-bond acceptors (Lipinski definition) is 4. The number of nitrogens with zero attached hydrogens (tertiary/aromatic N) is 1. The van der Waals surface area contributed by atoms with E-state index >= 15 is 0 Å². The zero-order valence-corrected chi connectivity index (χ0v) is 16.6. The summed E-state index contributed by atoms with van der Waals surface area (Å²) in [5.41, 5.74) is 0.791. The van der Waals surface area contributed by atoms with E-state index in [1.807, 2.05) is 44.4 Å². The number of amides is 2. The van der Waals surface area contributed by atoms with Gasteiger partial charge in [-0.2, -0.15) is 0 Å². The van der Waals surface area contributed by atoms with Crippen molar-refractivity contribution in [1.82, 2.24) is 0 Å². The summed E-state index contributed by atoms with van der Waals surface area (Å²) in [6.45, 7) is 6.76. The monoisotopic (exact) mass is 384 g/mol. The van der Waals surface area contributed by atoms with Crippen molar-refractivity contribution in [3.05, 3.63) is 46.7 Å². The number of ether oxygens (including phenoxy) is 1. The lowest BCUT2D eigenvalue weighted by Crippen LogP contribution is -2.42. The van der Waals surface area contributed by atoms with Crippen molar-refractivity contribution >= 4 is 40.6 Å². The van der Waals surface area contributed by atoms with Crippen molar-refractivity contribution in [1.29, 1.82) is 0 Å². The van der Waals surface area contributed by atoms with E-state index in [2.05, 4.69) is 5.32 Å². The van der Waals surface area contributed by atoms with Gasteiger partial charge in [0.1, 0.15) is 12.4 Å². The second-order valence-corrected chi connectivity index (χ2v) is 8.13. The number of carbonyl (C=O) groups excluding carboxylic acids is 2. The van der Waals surface area contributed by atoms with Crippen LogP contribution in [-0.4, -0.2) is 25.0 Å². The summed E-state index contributed by atoms with van der Waals surface area (Å²) in [6.07, 6.45) is 4.14. The fourth-order valence-corrected chi connectivity index (χ4v) is 3.52. The van der Waals surface area contributed by atoms with Crippen molar-refractivity contribution in [3.8, 4) is 5.75 Å². The number of nitrogens with one attached hydrogen (secondary N) is 1. The first kappa shape index (κ1) is 19.2. The van der Waals surface area contributed by atoms with Crippen LogP contribution in [0.3, 0.4) is 0 Å². The third kappa shape index (κ3) is 4.39. The fourth-order valence-electron chi connectivity index (χ4n) is 2.90. The molecule has 0 fully saturated rings. The third-order valence-electron chi connectivity index (χ3n) is 4.32. The maximum absolute atomic E-state index is 12.8. The van der Waals surface area contributed by atoms with Crippen LogP contribution in [0.25, 0.3) is 6.08 Å². The Bertz CT molecular complexity index is 856. The number of anilines is 2. The molecule has 0 atom stereocenters. The highest BCUT2D eigenvalue weighted by Crippen LogP contribution is 2.38. The Labute approximate surface area is 163 Å². The Morgan fingerprint density at radius 3 is 2.89 bits per heavy atom. The van der Waals surface area contributed by atoms with Crippen LogP contribution in [0.1, 0.15) is 32.1 Å². The Morgan fingerprint density at radius 2 is 2.19 bits per heavy atom. The van der Waals surface area contributed by atoms with Crippen LogP contribution >= 0.6 is 11.3 Å². The maximum atomic E-state index is 12.8. The first-order chi connectivity index (χ1) is 12.9. The van der Waals surface area contributed by atoms with E-state index in [1.54, 1.807) is 34.4 Å². The normalized spacial score (nSPS) is 16.0. The molecule has 1 N–H and O–H groups in total. The maximum Gasteiger partial charge on any atom is 0.248 e. The van der Waals surface area contributed by atoms with Gasteiger partial charge in [0, 0.05) is 29.3 Å². The number of fused-ring (bicyclic) bond motifs is 1. The van der Waals surface area contributed by atoms with E-state index in [1.165, 1.54) is 6.08 Å².